The Labute approximate surface area is 143 Å². The minimum Gasteiger partial charge on any atom is -0.324 e. The Kier molecular flexibility index (Phi) is 4.21. The quantitative estimate of drug-likeness (QED) is 0.453. The highest BCUT2D eigenvalue weighted by Gasteiger charge is 2.29. The molecule has 1 aromatic heterocycles. The predicted octanol–water partition coefficient (Wildman–Crippen LogP) is 5.66. The molecule has 0 unspecified atom stereocenters. The highest BCUT2D eigenvalue weighted by Crippen LogP contribution is 2.42. The number of hydrogen-bond donors (Lipinski definition) is 0. The van der Waals surface area contributed by atoms with E-state index in [0.29, 0.717) is 20.9 Å². The van der Waals surface area contributed by atoms with Crippen molar-refractivity contribution < 1.29 is 4.39 Å². The molecule has 3 rings (SSSR count). The van der Waals surface area contributed by atoms with Crippen LogP contribution < -0.4 is 0 Å². The maximum Gasteiger partial charge on any atom is 0.138 e. The minimum absolute atomic E-state index is 0.179. The molecule has 114 valence electrons. The van der Waals surface area contributed by atoms with Crippen molar-refractivity contribution in [1.82, 2.24) is 9.55 Å². The van der Waals surface area contributed by atoms with Gasteiger partial charge in [0.1, 0.15) is 11.6 Å². The summed E-state index contributed by atoms with van der Waals surface area (Å²) in [6, 6.07) is 3.81. The van der Waals surface area contributed by atoms with Crippen molar-refractivity contribution in [1.29, 1.82) is 0 Å². The van der Waals surface area contributed by atoms with Gasteiger partial charge in [-0.3, -0.25) is 0 Å². The van der Waals surface area contributed by atoms with Crippen LogP contribution in [0.4, 0.5) is 4.39 Å². The molecule has 1 aliphatic carbocycles. The second kappa shape index (κ2) is 5.69. The van der Waals surface area contributed by atoms with Crippen LogP contribution in [0.1, 0.15) is 51.4 Å². The first-order chi connectivity index (χ1) is 9.91. The summed E-state index contributed by atoms with van der Waals surface area (Å²) in [4.78, 5) is 4.60. The van der Waals surface area contributed by atoms with Gasteiger partial charge >= 0.3 is 0 Å². The van der Waals surface area contributed by atoms with Crippen molar-refractivity contribution in [3.8, 4) is 0 Å². The molecule has 21 heavy (non-hydrogen) atoms. The van der Waals surface area contributed by atoms with E-state index in [4.69, 9.17) is 11.6 Å². The zero-order valence-corrected chi connectivity index (χ0v) is 15.2. The van der Waals surface area contributed by atoms with Crippen LogP contribution >= 0.6 is 34.2 Å². The van der Waals surface area contributed by atoms with E-state index in [9.17, 15) is 4.39 Å². The molecule has 1 aromatic carbocycles. The Morgan fingerprint density at radius 1 is 1.38 bits per heavy atom. The first-order valence-corrected chi connectivity index (χ1v) is 8.94. The molecule has 1 aliphatic rings. The molecule has 0 spiro atoms. The van der Waals surface area contributed by atoms with Crippen molar-refractivity contribution in [2.24, 2.45) is 5.41 Å². The van der Waals surface area contributed by atoms with Crippen LogP contribution in [-0.4, -0.2) is 9.55 Å². The van der Waals surface area contributed by atoms with Gasteiger partial charge in [0.05, 0.1) is 20.5 Å². The van der Waals surface area contributed by atoms with Crippen LogP contribution in [0.2, 0.25) is 0 Å². The Morgan fingerprint density at radius 2 is 2.05 bits per heavy atom. The second-order valence-electron chi connectivity index (χ2n) is 6.68. The van der Waals surface area contributed by atoms with Crippen LogP contribution in [0.3, 0.4) is 0 Å². The standard InChI is InChI=1S/C16H19ClFIN2/c1-16(2)5-3-10(4-6-16)21-14-7-11(18)12(19)8-13(14)20-15(21)9-17/h7-8,10H,3-6,9H2,1-2H3. The molecule has 0 radical (unpaired) electrons. The SMILES string of the molecule is CC1(C)CCC(n2c(CCl)nc3cc(I)c(F)cc32)CC1. The largest absolute Gasteiger partial charge is 0.324 e. The van der Waals surface area contributed by atoms with Gasteiger partial charge in [0.2, 0.25) is 0 Å². The number of benzene rings is 1. The van der Waals surface area contributed by atoms with Crippen molar-refractivity contribution in [3.63, 3.8) is 0 Å². The summed E-state index contributed by atoms with van der Waals surface area (Å²) in [6.45, 7) is 4.64. The topological polar surface area (TPSA) is 17.8 Å². The number of nitrogens with zero attached hydrogens (tertiary/aromatic N) is 2. The highest BCUT2D eigenvalue weighted by molar-refractivity contribution is 14.1. The number of rotatable bonds is 2. The van der Waals surface area contributed by atoms with Gasteiger partial charge in [-0.05, 0) is 59.8 Å². The molecule has 5 heteroatoms. The molecule has 1 fully saturated rings. The highest BCUT2D eigenvalue weighted by atomic mass is 127. The average Bonchev–Trinajstić information content (AvgIpc) is 2.77. The van der Waals surface area contributed by atoms with Crippen LogP contribution in [-0.2, 0) is 5.88 Å². The van der Waals surface area contributed by atoms with Crippen molar-refractivity contribution >= 4 is 45.2 Å². The fourth-order valence-electron chi connectivity index (χ4n) is 3.28. The van der Waals surface area contributed by atoms with E-state index in [1.165, 1.54) is 12.8 Å². The lowest BCUT2D eigenvalue weighted by molar-refractivity contribution is 0.194. The second-order valence-corrected chi connectivity index (χ2v) is 8.11. The fourth-order valence-corrected chi connectivity index (χ4v) is 3.92. The van der Waals surface area contributed by atoms with Gasteiger partial charge in [0.15, 0.2) is 0 Å². The Balaban J connectivity index is 2.06. The normalized spacial score (nSPS) is 19.3. The number of hydrogen-bond acceptors (Lipinski definition) is 1. The number of fused-ring (bicyclic) bond motifs is 1. The summed E-state index contributed by atoms with van der Waals surface area (Å²) in [6.07, 6.45) is 4.59. The van der Waals surface area contributed by atoms with E-state index in [1.807, 2.05) is 28.7 Å². The van der Waals surface area contributed by atoms with Crippen molar-refractivity contribution in [2.75, 3.05) is 0 Å². The lowest BCUT2D eigenvalue weighted by atomic mass is 9.75. The van der Waals surface area contributed by atoms with E-state index >= 15 is 0 Å². The van der Waals surface area contributed by atoms with Crippen molar-refractivity contribution in [2.45, 2.75) is 51.5 Å². The molecule has 2 aromatic rings. The molecule has 0 N–H and O–H groups in total. The van der Waals surface area contributed by atoms with E-state index in [0.717, 1.165) is 29.7 Å². The molecule has 1 saturated carbocycles. The van der Waals surface area contributed by atoms with Crippen molar-refractivity contribution in [3.05, 3.63) is 27.3 Å². The maximum absolute atomic E-state index is 14.0. The average molecular weight is 421 g/mol. The minimum atomic E-state index is -0.179. The van der Waals surface area contributed by atoms with Gasteiger partial charge in [-0.2, -0.15) is 0 Å². The number of aromatic nitrogens is 2. The van der Waals surface area contributed by atoms with Gasteiger partial charge < -0.3 is 4.57 Å². The molecule has 1 heterocycles. The van der Waals surface area contributed by atoms with Gasteiger partial charge in [-0.15, -0.1) is 11.6 Å². The molecule has 0 amide bonds. The summed E-state index contributed by atoms with van der Waals surface area (Å²) in [5.74, 6) is 1.05. The zero-order chi connectivity index (χ0) is 15.2. The van der Waals surface area contributed by atoms with Gasteiger partial charge in [0.25, 0.3) is 0 Å². The van der Waals surface area contributed by atoms with Gasteiger partial charge in [-0.25, -0.2) is 9.37 Å². The number of alkyl halides is 1. The molecular weight excluding hydrogens is 402 g/mol. The Morgan fingerprint density at radius 3 is 2.67 bits per heavy atom. The monoisotopic (exact) mass is 420 g/mol. The maximum atomic E-state index is 14.0. The lowest BCUT2D eigenvalue weighted by Crippen LogP contribution is -2.24. The van der Waals surface area contributed by atoms with Crippen LogP contribution in [0.25, 0.3) is 11.0 Å². The summed E-state index contributed by atoms with van der Waals surface area (Å²) in [5.41, 5.74) is 2.14. The smallest absolute Gasteiger partial charge is 0.138 e. The van der Waals surface area contributed by atoms with E-state index in [2.05, 4.69) is 23.4 Å². The summed E-state index contributed by atoms with van der Waals surface area (Å²) in [7, 11) is 0. The molecular formula is C16H19ClFIN2. The first kappa shape index (κ1) is 15.5. The van der Waals surface area contributed by atoms with Gasteiger partial charge in [0, 0.05) is 12.1 Å². The molecule has 0 saturated heterocycles. The van der Waals surface area contributed by atoms with E-state index < -0.39 is 0 Å². The van der Waals surface area contributed by atoms with E-state index in [1.54, 1.807) is 6.07 Å². The Bertz CT molecular complexity index is 670. The summed E-state index contributed by atoms with van der Waals surface area (Å²) in [5, 5.41) is 0. The zero-order valence-electron chi connectivity index (χ0n) is 12.3. The lowest BCUT2D eigenvalue weighted by Gasteiger charge is -2.35. The van der Waals surface area contributed by atoms with Crippen LogP contribution in [0.15, 0.2) is 12.1 Å². The van der Waals surface area contributed by atoms with E-state index in [-0.39, 0.29) is 5.82 Å². The molecule has 0 atom stereocenters. The summed E-state index contributed by atoms with van der Waals surface area (Å²) >= 11 is 8.09. The molecule has 0 bridgehead atoms. The third kappa shape index (κ3) is 2.93. The summed E-state index contributed by atoms with van der Waals surface area (Å²) < 4.78 is 16.7. The van der Waals surface area contributed by atoms with Crippen LogP contribution in [0, 0.1) is 14.8 Å². The molecule has 0 aliphatic heterocycles. The number of imidazole rings is 1. The third-order valence-corrected chi connectivity index (χ3v) is 5.66. The molecule has 2 nitrogen and oxygen atoms in total. The predicted molar refractivity (Wildman–Crippen MR) is 93.3 cm³/mol. The first-order valence-electron chi connectivity index (χ1n) is 7.33. The third-order valence-electron chi connectivity index (χ3n) is 4.60. The van der Waals surface area contributed by atoms with Gasteiger partial charge in [-0.1, -0.05) is 13.8 Å². The Hall–Kier alpha value is -0.360. The van der Waals surface area contributed by atoms with Crippen LogP contribution in [0.5, 0.6) is 0 Å². The number of halogens is 3. The fraction of sp³-hybridized carbons (Fsp3) is 0.562.